The second-order valence-electron chi connectivity index (χ2n) is 6.06. The van der Waals surface area contributed by atoms with E-state index < -0.39 is 10.0 Å². The van der Waals surface area contributed by atoms with Crippen LogP contribution in [-0.4, -0.2) is 20.9 Å². The van der Waals surface area contributed by atoms with Crippen LogP contribution in [0.1, 0.15) is 38.5 Å². The summed E-state index contributed by atoms with van der Waals surface area (Å²) in [6.07, 6.45) is 5.82. The Kier molecular flexibility index (Phi) is 7.01. The molecule has 0 radical (unpaired) electrons. The molecule has 1 saturated carbocycles. The largest absolute Gasteiger partial charge is 0.330 e. The molecule has 2 rings (SSSR count). The lowest BCUT2D eigenvalue weighted by atomic mass is 9.71. The molecule has 0 bridgehead atoms. The second-order valence-corrected chi connectivity index (χ2v) is 7.62. The normalized spacial score (nSPS) is 17.1. The third-order valence-electron chi connectivity index (χ3n) is 4.35. The number of amides is 1. The fourth-order valence-electron chi connectivity index (χ4n) is 3.03. The van der Waals surface area contributed by atoms with Gasteiger partial charge in [0.1, 0.15) is 0 Å². The molecule has 6 nitrogen and oxygen atoms in total. The number of primary sulfonamides is 1. The van der Waals surface area contributed by atoms with E-state index in [-0.39, 0.29) is 28.6 Å². The first-order valence-corrected chi connectivity index (χ1v) is 9.02. The van der Waals surface area contributed by atoms with E-state index in [9.17, 15) is 13.2 Å². The third kappa shape index (κ3) is 5.46. The first-order valence-electron chi connectivity index (χ1n) is 7.47. The predicted octanol–water partition coefficient (Wildman–Crippen LogP) is 1.99. The molecule has 0 atom stereocenters. The van der Waals surface area contributed by atoms with Crippen LogP contribution in [0.4, 0.5) is 5.69 Å². The fourth-order valence-corrected chi connectivity index (χ4v) is 3.54. The zero-order valence-corrected chi connectivity index (χ0v) is 14.6. The van der Waals surface area contributed by atoms with Gasteiger partial charge in [0.05, 0.1) is 4.90 Å². The van der Waals surface area contributed by atoms with E-state index >= 15 is 0 Å². The lowest BCUT2D eigenvalue weighted by Gasteiger charge is -2.35. The van der Waals surface area contributed by atoms with Crippen molar-refractivity contribution in [2.45, 2.75) is 43.4 Å². The number of carbonyl (C=O) groups excluding carboxylic acids is 1. The van der Waals surface area contributed by atoms with Gasteiger partial charge in [-0.05, 0) is 49.1 Å². The van der Waals surface area contributed by atoms with Crippen LogP contribution in [0, 0.1) is 5.41 Å². The van der Waals surface area contributed by atoms with Crippen molar-refractivity contribution < 1.29 is 13.2 Å². The molecular formula is C15H24ClN3O3S. The number of rotatable bonds is 5. The Morgan fingerprint density at radius 1 is 1.13 bits per heavy atom. The number of sulfonamides is 1. The van der Waals surface area contributed by atoms with E-state index in [2.05, 4.69) is 5.32 Å². The average Bonchev–Trinajstić information content (AvgIpc) is 2.47. The minimum Gasteiger partial charge on any atom is -0.330 e. The molecule has 23 heavy (non-hydrogen) atoms. The minimum atomic E-state index is -3.71. The summed E-state index contributed by atoms with van der Waals surface area (Å²) in [6, 6.07) is 5.83. The average molecular weight is 362 g/mol. The molecule has 1 fully saturated rings. The van der Waals surface area contributed by atoms with E-state index in [0.717, 1.165) is 25.7 Å². The van der Waals surface area contributed by atoms with Crippen molar-refractivity contribution in [3.63, 3.8) is 0 Å². The molecule has 1 aromatic carbocycles. The maximum atomic E-state index is 12.2. The van der Waals surface area contributed by atoms with Crippen molar-refractivity contribution in [1.82, 2.24) is 0 Å². The van der Waals surface area contributed by atoms with E-state index in [1.54, 1.807) is 0 Å². The maximum Gasteiger partial charge on any atom is 0.238 e. The Balaban J connectivity index is 0.00000264. The van der Waals surface area contributed by atoms with Crippen molar-refractivity contribution in [2.24, 2.45) is 16.3 Å². The number of benzene rings is 1. The van der Waals surface area contributed by atoms with Gasteiger partial charge in [-0.3, -0.25) is 4.79 Å². The van der Waals surface area contributed by atoms with Crippen LogP contribution in [0.3, 0.4) is 0 Å². The van der Waals surface area contributed by atoms with Crippen molar-refractivity contribution in [3.05, 3.63) is 24.3 Å². The summed E-state index contributed by atoms with van der Waals surface area (Å²) in [4.78, 5) is 12.2. The molecule has 1 amide bonds. The second kappa shape index (κ2) is 8.10. The van der Waals surface area contributed by atoms with E-state index in [1.165, 1.54) is 30.7 Å². The summed E-state index contributed by atoms with van der Waals surface area (Å²) in [5.41, 5.74) is 6.35. The molecule has 0 aromatic heterocycles. The standard InChI is InChI=1S/C15H23N3O3S.ClH/c16-11-15(8-2-1-3-9-15)10-14(19)18-12-4-6-13(7-5-12)22(17,20)21;/h4-7H,1-3,8-11,16H2,(H,18,19)(H2,17,20,21);1H. The summed E-state index contributed by atoms with van der Waals surface area (Å²) >= 11 is 0. The molecule has 1 aromatic rings. The van der Waals surface area contributed by atoms with Crippen LogP contribution in [0.15, 0.2) is 29.2 Å². The Labute approximate surface area is 143 Å². The van der Waals surface area contributed by atoms with E-state index in [1.807, 2.05) is 0 Å². The zero-order valence-electron chi connectivity index (χ0n) is 13.0. The molecule has 0 spiro atoms. The number of hydrogen-bond acceptors (Lipinski definition) is 4. The van der Waals surface area contributed by atoms with E-state index in [4.69, 9.17) is 10.9 Å². The molecule has 0 heterocycles. The highest BCUT2D eigenvalue weighted by molar-refractivity contribution is 7.89. The van der Waals surface area contributed by atoms with Gasteiger partial charge < -0.3 is 11.1 Å². The molecule has 8 heteroatoms. The maximum absolute atomic E-state index is 12.2. The van der Waals surface area contributed by atoms with Gasteiger partial charge >= 0.3 is 0 Å². The number of carbonyl (C=O) groups is 1. The summed E-state index contributed by atoms with van der Waals surface area (Å²) in [5.74, 6) is -0.0873. The Morgan fingerprint density at radius 3 is 2.17 bits per heavy atom. The quantitative estimate of drug-likeness (QED) is 0.743. The Bertz CT molecular complexity index is 626. The molecule has 5 N–H and O–H groups in total. The van der Waals surface area contributed by atoms with Gasteiger partial charge in [0.15, 0.2) is 0 Å². The summed E-state index contributed by atoms with van der Waals surface area (Å²) in [6.45, 7) is 0.519. The van der Waals surface area contributed by atoms with E-state index in [0.29, 0.717) is 18.7 Å². The molecular weight excluding hydrogens is 338 g/mol. The first kappa shape index (κ1) is 19.9. The van der Waals surface area contributed by atoms with Crippen LogP contribution >= 0.6 is 12.4 Å². The lowest BCUT2D eigenvalue weighted by Crippen LogP contribution is -2.36. The number of halogens is 1. The Morgan fingerprint density at radius 2 is 1.70 bits per heavy atom. The van der Waals surface area contributed by atoms with Gasteiger partial charge in [-0.25, -0.2) is 13.6 Å². The molecule has 1 aliphatic rings. The van der Waals surface area contributed by atoms with Crippen LogP contribution in [0.2, 0.25) is 0 Å². The van der Waals surface area contributed by atoms with Crippen molar-refractivity contribution in [1.29, 1.82) is 0 Å². The smallest absolute Gasteiger partial charge is 0.238 e. The van der Waals surface area contributed by atoms with Gasteiger partial charge in [0.25, 0.3) is 0 Å². The van der Waals surface area contributed by atoms with Crippen molar-refractivity contribution >= 4 is 34.0 Å². The summed E-state index contributed by atoms with van der Waals surface area (Å²) in [7, 11) is -3.71. The molecule has 0 aliphatic heterocycles. The van der Waals surface area contributed by atoms with Crippen LogP contribution < -0.4 is 16.2 Å². The van der Waals surface area contributed by atoms with Gasteiger partial charge in [-0.2, -0.15) is 0 Å². The molecule has 0 unspecified atom stereocenters. The fraction of sp³-hybridized carbons (Fsp3) is 0.533. The number of nitrogens with two attached hydrogens (primary N) is 2. The summed E-state index contributed by atoms with van der Waals surface area (Å²) < 4.78 is 22.4. The molecule has 0 saturated heterocycles. The molecule has 130 valence electrons. The summed E-state index contributed by atoms with van der Waals surface area (Å²) in [5, 5.41) is 7.83. The topological polar surface area (TPSA) is 115 Å². The number of anilines is 1. The first-order chi connectivity index (χ1) is 10.3. The third-order valence-corrected chi connectivity index (χ3v) is 5.28. The zero-order chi connectivity index (χ0) is 16.2. The predicted molar refractivity (Wildman–Crippen MR) is 92.9 cm³/mol. The van der Waals surface area contributed by atoms with Crippen LogP contribution in [-0.2, 0) is 14.8 Å². The van der Waals surface area contributed by atoms with Crippen LogP contribution in [0.25, 0.3) is 0 Å². The highest BCUT2D eigenvalue weighted by Crippen LogP contribution is 2.38. The highest BCUT2D eigenvalue weighted by atomic mass is 35.5. The monoisotopic (exact) mass is 361 g/mol. The van der Waals surface area contributed by atoms with Crippen LogP contribution in [0.5, 0.6) is 0 Å². The van der Waals surface area contributed by atoms with Gasteiger partial charge in [0.2, 0.25) is 15.9 Å². The Hall–Kier alpha value is -1.15. The number of nitrogens with one attached hydrogen (secondary N) is 1. The molecule has 1 aliphatic carbocycles. The van der Waals surface area contributed by atoms with Crippen molar-refractivity contribution in [2.75, 3.05) is 11.9 Å². The SMILES string of the molecule is Cl.NCC1(CC(=O)Nc2ccc(S(N)(=O)=O)cc2)CCCCC1. The van der Waals surface area contributed by atoms with Gasteiger partial charge in [0, 0.05) is 12.1 Å². The van der Waals surface area contributed by atoms with Gasteiger partial charge in [-0.15, -0.1) is 12.4 Å². The van der Waals surface area contributed by atoms with Crippen molar-refractivity contribution in [3.8, 4) is 0 Å². The highest BCUT2D eigenvalue weighted by Gasteiger charge is 2.32. The van der Waals surface area contributed by atoms with Gasteiger partial charge in [-0.1, -0.05) is 19.3 Å². The minimum absolute atomic E-state index is 0. The number of hydrogen-bond donors (Lipinski definition) is 3. The lowest BCUT2D eigenvalue weighted by molar-refractivity contribution is -0.118.